The Bertz CT molecular complexity index is 574. The number of rotatable bonds is 3. The first-order valence-corrected chi connectivity index (χ1v) is 6.82. The number of amidine groups is 1. The van der Waals surface area contributed by atoms with Gasteiger partial charge in [0.2, 0.25) is 0 Å². The summed E-state index contributed by atoms with van der Waals surface area (Å²) in [5, 5.41) is 7.42. The van der Waals surface area contributed by atoms with Gasteiger partial charge in [0.15, 0.2) is 0 Å². The average Bonchev–Trinajstić information content (AvgIpc) is 2.34. The molecule has 3 heteroatoms. The molecule has 0 saturated carbocycles. The van der Waals surface area contributed by atoms with E-state index in [1.54, 1.807) is 0 Å². The number of nitrogens with one attached hydrogen (secondary N) is 1. The van der Waals surface area contributed by atoms with Crippen molar-refractivity contribution >= 4 is 28.4 Å². The van der Waals surface area contributed by atoms with Crippen molar-refractivity contribution in [2.75, 3.05) is 0 Å². The van der Waals surface area contributed by atoms with E-state index in [1.165, 1.54) is 16.7 Å². The molecule has 0 aliphatic rings. The standard InChI is InChI=1S/C15H15IN2/c1-10-2-4-11(5-3-10)8-12-6-7-13(15(17)18)9-14(12)16/h2-7,9H,8H2,1H3,(H3,17,18). The Kier molecular flexibility index (Phi) is 4.01. The Balaban J connectivity index is 2.24. The second-order valence-electron chi connectivity index (χ2n) is 4.38. The lowest BCUT2D eigenvalue weighted by molar-refractivity contribution is 1.17. The minimum absolute atomic E-state index is 0.120. The van der Waals surface area contributed by atoms with Gasteiger partial charge in [0.1, 0.15) is 5.84 Å². The summed E-state index contributed by atoms with van der Waals surface area (Å²) in [5.41, 5.74) is 10.1. The molecule has 0 fully saturated rings. The van der Waals surface area contributed by atoms with E-state index < -0.39 is 0 Å². The number of hydrogen-bond acceptors (Lipinski definition) is 1. The van der Waals surface area contributed by atoms with Crippen molar-refractivity contribution in [2.24, 2.45) is 5.73 Å². The van der Waals surface area contributed by atoms with Crippen LogP contribution in [0, 0.1) is 15.9 Å². The fraction of sp³-hybridized carbons (Fsp3) is 0.133. The number of aryl methyl sites for hydroxylation is 1. The maximum absolute atomic E-state index is 7.42. The third-order valence-corrected chi connectivity index (χ3v) is 3.88. The van der Waals surface area contributed by atoms with Crippen LogP contribution in [-0.4, -0.2) is 5.84 Å². The highest BCUT2D eigenvalue weighted by Crippen LogP contribution is 2.18. The lowest BCUT2D eigenvalue weighted by Crippen LogP contribution is -2.11. The van der Waals surface area contributed by atoms with E-state index in [0.717, 1.165) is 15.6 Å². The zero-order chi connectivity index (χ0) is 13.1. The summed E-state index contributed by atoms with van der Waals surface area (Å²) >= 11 is 2.30. The number of nitrogens with two attached hydrogens (primary N) is 1. The highest BCUT2D eigenvalue weighted by molar-refractivity contribution is 14.1. The van der Waals surface area contributed by atoms with Crippen molar-refractivity contribution in [2.45, 2.75) is 13.3 Å². The van der Waals surface area contributed by atoms with Gasteiger partial charge in [-0.2, -0.15) is 0 Å². The van der Waals surface area contributed by atoms with Crippen LogP contribution in [0.3, 0.4) is 0 Å². The number of benzene rings is 2. The van der Waals surface area contributed by atoms with E-state index in [0.29, 0.717) is 0 Å². The van der Waals surface area contributed by atoms with Gasteiger partial charge in [-0.3, -0.25) is 5.41 Å². The van der Waals surface area contributed by atoms with Gasteiger partial charge in [-0.1, -0.05) is 42.0 Å². The third kappa shape index (κ3) is 3.10. The Morgan fingerprint density at radius 1 is 1.17 bits per heavy atom. The van der Waals surface area contributed by atoms with Crippen LogP contribution < -0.4 is 5.73 Å². The van der Waals surface area contributed by atoms with Gasteiger partial charge in [-0.25, -0.2) is 0 Å². The van der Waals surface area contributed by atoms with Crippen molar-refractivity contribution in [3.8, 4) is 0 Å². The van der Waals surface area contributed by atoms with Crippen molar-refractivity contribution in [1.29, 1.82) is 5.41 Å². The molecule has 2 rings (SSSR count). The maximum atomic E-state index is 7.42. The fourth-order valence-corrected chi connectivity index (χ4v) is 2.49. The molecule has 0 heterocycles. The van der Waals surface area contributed by atoms with Gasteiger partial charge in [-0.05, 0) is 53.1 Å². The molecule has 2 aromatic rings. The molecule has 2 aromatic carbocycles. The number of hydrogen-bond donors (Lipinski definition) is 2. The van der Waals surface area contributed by atoms with Crippen LogP contribution >= 0.6 is 22.6 Å². The van der Waals surface area contributed by atoms with Gasteiger partial charge < -0.3 is 5.73 Å². The highest BCUT2D eigenvalue weighted by atomic mass is 127. The summed E-state index contributed by atoms with van der Waals surface area (Å²) in [6.07, 6.45) is 0.913. The second kappa shape index (κ2) is 5.52. The Morgan fingerprint density at radius 2 is 1.83 bits per heavy atom. The minimum atomic E-state index is 0.120. The van der Waals surface area contributed by atoms with Crippen molar-refractivity contribution in [1.82, 2.24) is 0 Å². The minimum Gasteiger partial charge on any atom is -0.384 e. The molecule has 2 nitrogen and oxygen atoms in total. The Morgan fingerprint density at radius 3 is 2.39 bits per heavy atom. The van der Waals surface area contributed by atoms with Crippen LogP contribution in [0.25, 0.3) is 0 Å². The van der Waals surface area contributed by atoms with Crippen molar-refractivity contribution < 1.29 is 0 Å². The van der Waals surface area contributed by atoms with Gasteiger partial charge in [0.05, 0.1) is 0 Å². The van der Waals surface area contributed by atoms with Gasteiger partial charge >= 0.3 is 0 Å². The SMILES string of the molecule is Cc1ccc(Cc2ccc(C(=N)N)cc2I)cc1. The van der Waals surface area contributed by atoms with E-state index in [9.17, 15) is 0 Å². The molecule has 3 N–H and O–H groups in total. The summed E-state index contributed by atoms with van der Waals surface area (Å²) in [5.74, 6) is 0.120. The molecule has 0 saturated heterocycles. The molecule has 0 atom stereocenters. The van der Waals surface area contributed by atoms with Crippen molar-refractivity contribution in [3.05, 3.63) is 68.3 Å². The van der Waals surface area contributed by atoms with Gasteiger partial charge in [0, 0.05) is 9.13 Å². The normalized spacial score (nSPS) is 10.3. The van der Waals surface area contributed by atoms with Crippen LogP contribution in [-0.2, 0) is 6.42 Å². The predicted octanol–water partition coefficient (Wildman–Crippen LogP) is 3.47. The molecular formula is C15H15IN2. The third-order valence-electron chi connectivity index (χ3n) is 2.88. The summed E-state index contributed by atoms with van der Waals surface area (Å²) in [6, 6.07) is 14.5. The van der Waals surface area contributed by atoms with Crippen LogP contribution in [0.2, 0.25) is 0 Å². The molecule has 0 radical (unpaired) electrons. The van der Waals surface area contributed by atoms with Crippen LogP contribution in [0.1, 0.15) is 22.3 Å². The Labute approximate surface area is 121 Å². The molecule has 0 unspecified atom stereocenters. The van der Waals surface area contributed by atoms with Gasteiger partial charge in [0.25, 0.3) is 0 Å². The first-order valence-electron chi connectivity index (χ1n) is 5.74. The monoisotopic (exact) mass is 350 g/mol. The lowest BCUT2D eigenvalue weighted by Gasteiger charge is -2.07. The van der Waals surface area contributed by atoms with Gasteiger partial charge in [-0.15, -0.1) is 0 Å². The summed E-state index contributed by atoms with van der Waals surface area (Å²) < 4.78 is 1.15. The van der Waals surface area contributed by atoms with E-state index in [1.807, 2.05) is 12.1 Å². The fourth-order valence-electron chi connectivity index (χ4n) is 1.78. The van der Waals surface area contributed by atoms with E-state index in [2.05, 4.69) is 59.8 Å². The first kappa shape index (κ1) is 13.1. The Hall–Kier alpha value is -1.36. The molecular weight excluding hydrogens is 335 g/mol. The quantitative estimate of drug-likeness (QED) is 0.497. The predicted molar refractivity (Wildman–Crippen MR) is 84.2 cm³/mol. The summed E-state index contributed by atoms with van der Waals surface area (Å²) in [6.45, 7) is 2.09. The lowest BCUT2D eigenvalue weighted by atomic mass is 10.0. The van der Waals surface area contributed by atoms with E-state index >= 15 is 0 Å². The molecule has 0 aromatic heterocycles. The summed E-state index contributed by atoms with van der Waals surface area (Å²) in [4.78, 5) is 0. The van der Waals surface area contributed by atoms with Crippen LogP contribution in [0.5, 0.6) is 0 Å². The number of halogens is 1. The summed E-state index contributed by atoms with van der Waals surface area (Å²) in [7, 11) is 0. The molecule has 0 spiro atoms. The van der Waals surface area contributed by atoms with Crippen LogP contribution in [0.15, 0.2) is 42.5 Å². The van der Waals surface area contributed by atoms with E-state index in [-0.39, 0.29) is 5.84 Å². The molecule has 0 aliphatic carbocycles. The largest absolute Gasteiger partial charge is 0.384 e. The van der Waals surface area contributed by atoms with E-state index in [4.69, 9.17) is 11.1 Å². The zero-order valence-corrected chi connectivity index (χ0v) is 12.4. The first-order chi connectivity index (χ1) is 8.56. The highest BCUT2D eigenvalue weighted by Gasteiger charge is 2.04. The maximum Gasteiger partial charge on any atom is 0.122 e. The van der Waals surface area contributed by atoms with Crippen LogP contribution in [0.4, 0.5) is 0 Å². The second-order valence-corrected chi connectivity index (χ2v) is 5.54. The molecule has 0 bridgehead atoms. The average molecular weight is 350 g/mol. The molecule has 92 valence electrons. The topological polar surface area (TPSA) is 49.9 Å². The molecule has 0 amide bonds. The zero-order valence-electron chi connectivity index (χ0n) is 10.2. The molecule has 0 aliphatic heterocycles. The number of nitrogen functional groups attached to an aromatic ring is 1. The van der Waals surface area contributed by atoms with Crippen molar-refractivity contribution in [3.63, 3.8) is 0 Å². The molecule has 18 heavy (non-hydrogen) atoms. The smallest absolute Gasteiger partial charge is 0.122 e.